The Hall–Kier alpha value is -3.06. The van der Waals surface area contributed by atoms with Crippen LogP contribution in [0, 0.1) is 5.82 Å². The zero-order valence-electron chi connectivity index (χ0n) is 15.0. The van der Waals surface area contributed by atoms with Crippen molar-refractivity contribution in [2.24, 2.45) is 9.98 Å². The van der Waals surface area contributed by atoms with Gasteiger partial charge in [-0.05, 0) is 60.7 Å². The number of nitrogens with zero attached hydrogens (tertiary/aromatic N) is 3. The summed E-state index contributed by atoms with van der Waals surface area (Å²) in [5.41, 5.74) is 8.28. The van der Waals surface area contributed by atoms with E-state index < -0.39 is 0 Å². The molecule has 1 saturated carbocycles. The van der Waals surface area contributed by atoms with Crippen LogP contribution in [0.3, 0.4) is 0 Å². The first-order valence-corrected chi connectivity index (χ1v) is 10.0. The molecule has 140 valence electrons. The summed E-state index contributed by atoms with van der Waals surface area (Å²) in [7, 11) is 0. The van der Waals surface area contributed by atoms with Crippen molar-refractivity contribution in [3.8, 4) is 0 Å². The highest BCUT2D eigenvalue weighted by molar-refractivity contribution is 7.10. The van der Waals surface area contributed by atoms with Gasteiger partial charge in [0.15, 0.2) is 5.82 Å². The summed E-state index contributed by atoms with van der Waals surface area (Å²) < 4.78 is 13.5. The molecule has 1 aliphatic heterocycles. The van der Waals surface area contributed by atoms with E-state index in [9.17, 15) is 4.39 Å². The van der Waals surface area contributed by atoms with Gasteiger partial charge in [-0.1, -0.05) is 6.07 Å². The van der Waals surface area contributed by atoms with E-state index in [2.05, 4.69) is 16.4 Å². The van der Waals surface area contributed by atoms with E-state index in [1.807, 2.05) is 17.5 Å². The summed E-state index contributed by atoms with van der Waals surface area (Å²) in [6.45, 7) is 0. The van der Waals surface area contributed by atoms with Gasteiger partial charge in [-0.15, -0.1) is 11.3 Å². The van der Waals surface area contributed by atoms with Gasteiger partial charge in [0.25, 0.3) is 0 Å². The minimum Gasteiger partial charge on any atom is -0.384 e. The molecule has 0 saturated heterocycles. The van der Waals surface area contributed by atoms with Gasteiger partial charge in [0, 0.05) is 22.0 Å². The molecule has 1 aromatic carbocycles. The van der Waals surface area contributed by atoms with Gasteiger partial charge in [0.1, 0.15) is 23.5 Å². The minimum absolute atomic E-state index is 0.268. The number of amidine groups is 1. The van der Waals surface area contributed by atoms with E-state index in [1.54, 1.807) is 29.5 Å². The number of anilines is 1. The third-order valence-corrected chi connectivity index (χ3v) is 5.68. The van der Waals surface area contributed by atoms with Crippen LogP contribution in [-0.4, -0.2) is 22.6 Å². The van der Waals surface area contributed by atoms with Crippen molar-refractivity contribution in [3.63, 3.8) is 0 Å². The lowest BCUT2D eigenvalue weighted by Crippen LogP contribution is -2.30. The van der Waals surface area contributed by atoms with E-state index >= 15 is 0 Å². The molecule has 3 aromatic rings. The molecule has 1 aliphatic carbocycles. The summed E-state index contributed by atoms with van der Waals surface area (Å²) in [5, 5.41) is 5.55. The largest absolute Gasteiger partial charge is 0.384 e. The second-order valence-electron chi connectivity index (χ2n) is 6.93. The van der Waals surface area contributed by atoms with Crippen molar-refractivity contribution >= 4 is 34.5 Å². The first-order chi connectivity index (χ1) is 13.7. The molecule has 0 amide bonds. The average Bonchev–Trinajstić information content (AvgIpc) is 3.37. The molecule has 2 aliphatic rings. The van der Waals surface area contributed by atoms with Crippen LogP contribution in [0.5, 0.6) is 0 Å². The van der Waals surface area contributed by atoms with E-state index in [0.29, 0.717) is 17.7 Å². The molecule has 0 radical (unpaired) electrons. The predicted octanol–water partition coefficient (Wildman–Crippen LogP) is 4.24. The molecule has 1 atom stereocenters. The Bertz CT molecular complexity index is 1070. The molecule has 1 fully saturated rings. The van der Waals surface area contributed by atoms with E-state index in [1.165, 1.54) is 12.1 Å². The fraction of sp³-hybridized carbons (Fsp3) is 0.190. The van der Waals surface area contributed by atoms with Crippen LogP contribution in [-0.2, 0) is 0 Å². The van der Waals surface area contributed by atoms with Gasteiger partial charge >= 0.3 is 0 Å². The fourth-order valence-corrected chi connectivity index (χ4v) is 3.96. The summed E-state index contributed by atoms with van der Waals surface area (Å²) in [6.07, 6.45) is 2.25. The SMILES string of the molecule is Nc1ccc2c(n1)N=C(NC1CC1)C(c1cccs1)N=C2c1ccc(F)cc1. The van der Waals surface area contributed by atoms with Crippen LogP contribution >= 0.6 is 11.3 Å². The van der Waals surface area contributed by atoms with Gasteiger partial charge in [-0.3, -0.25) is 4.99 Å². The number of aliphatic imine (C=N–C) groups is 2. The zero-order chi connectivity index (χ0) is 19.1. The predicted molar refractivity (Wildman–Crippen MR) is 111 cm³/mol. The Kier molecular flexibility index (Phi) is 4.16. The summed E-state index contributed by atoms with van der Waals surface area (Å²) in [6, 6.07) is 14.2. The molecular formula is C21H18FN5S. The number of pyridine rings is 1. The van der Waals surface area contributed by atoms with Gasteiger partial charge < -0.3 is 11.1 Å². The Morgan fingerprint density at radius 1 is 1.07 bits per heavy atom. The van der Waals surface area contributed by atoms with Crippen molar-refractivity contribution in [1.82, 2.24) is 10.3 Å². The lowest BCUT2D eigenvalue weighted by atomic mass is 10.0. The van der Waals surface area contributed by atoms with E-state index in [-0.39, 0.29) is 11.9 Å². The number of benzene rings is 1. The van der Waals surface area contributed by atoms with Crippen LogP contribution in [0.15, 0.2) is 63.9 Å². The molecule has 28 heavy (non-hydrogen) atoms. The molecule has 7 heteroatoms. The van der Waals surface area contributed by atoms with Gasteiger partial charge in [-0.25, -0.2) is 14.4 Å². The molecule has 2 aromatic heterocycles. The fourth-order valence-electron chi connectivity index (χ4n) is 3.20. The number of nitrogen functional groups attached to an aromatic ring is 1. The number of rotatable bonds is 3. The monoisotopic (exact) mass is 391 g/mol. The summed E-state index contributed by atoms with van der Waals surface area (Å²) in [5.74, 6) is 1.43. The van der Waals surface area contributed by atoms with Crippen molar-refractivity contribution < 1.29 is 4.39 Å². The van der Waals surface area contributed by atoms with Crippen LogP contribution in [0.1, 0.15) is 34.9 Å². The molecule has 3 heterocycles. The normalized spacial score (nSPS) is 18.7. The Balaban J connectivity index is 1.72. The summed E-state index contributed by atoms with van der Waals surface area (Å²) in [4.78, 5) is 15.5. The third-order valence-electron chi connectivity index (χ3n) is 4.76. The van der Waals surface area contributed by atoms with Gasteiger partial charge in [-0.2, -0.15) is 0 Å². The number of halogens is 1. The first kappa shape index (κ1) is 17.1. The lowest BCUT2D eigenvalue weighted by molar-refractivity contribution is 0.628. The van der Waals surface area contributed by atoms with E-state index in [4.69, 9.17) is 15.7 Å². The number of hydrogen-bond acceptors (Lipinski definition) is 6. The van der Waals surface area contributed by atoms with E-state index in [0.717, 1.165) is 40.4 Å². The number of fused-ring (bicyclic) bond motifs is 1. The Labute approximate surface area is 165 Å². The molecule has 0 spiro atoms. The second-order valence-corrected chi connectivity index (χ2v) is 7.90. The molecule has 1 unspecified atom stereocenters. The van der Waals surface area contributed by atoms with Crippen molar-refractivity contribution in [1.29, 1.82) is 0 Å². The maximum atomic E-state index is 13.5. The van der Waals surface area contributed by atoms with Crippen molar-refractivity contribution in [2.45, 2.75) is 24.9 Å². The standard InChI is InChI=1S/C21H18FN5S/c22-13-5-3-12(4-6-13)18-15-9-10-17(23)25-20(15)27-21(24-14-7-8-14)19(26-18)16-2-1-11-28-16/h1-6,9-11,14,19H,7-8H2,(H3,23,24,25,27). The highest BCUT2D eigenvalue weighted by Gasteiger charge is 2.30. The number of thiophene rings is 1. The molecule has 3 N–H and O–H groups in total. The molecular weight excluding hydrogens is 373 g/mol. The number of nitrogens with two attached hydrogens (primary N) is 1. The lowest BCUT2D eigenvalue weighted by Gasteiger charge is -2.15. The van der Waals surface area contributed by atoms with Gasteiger partial charge in [0.05, 0.1) is 5.71 Å². The Morgan fingerprint density at radius 3 is 2.61 bits per heavy atom. The average molecular weight is 391 g/mol. The third kappa shape index (κ3) is 3.29. The number of aromatic nitrogens is 1. The van der Waals surface area contributed by atoms with Crippen molar-refractivity contribution in [3.05, 3.63) is 75.7 Å². The highest BCUT2D eigenvalue weighted by atomic mass is 32.1. The molecule has 0 bridgehead atoms. The topological polar surface area (TPSA) is 75.7 Å². The summed E-state index contributed by atoms with van der Waals surface area (Å²) >= 11 is 1.64. The maximum Gasteiger partial charge on any atom is 0.165 e. The number of nitrogens with one attached hydrogen (secondary N) is 1. The zero-order valence-corrected chi connectivity index (χ0v) is 15.8. The quantitative estimate of drug-likeness (QED) is 0.701. The first-order valence-electron chi connectivity index (χ1n) is 9.16. The Morgan fingerprint density at radius 2 is 1.89 bits per heavy atom. The highest BCUT2D eigenvalue weighted by Crippen LogP contribution is 2.34. The van der Waals surface area contributed by atoms with Crippen LogP contribution < -0.4 is 11.1 Å². The van der Waals surface area contributed by atoms with Crippen molar-refractivity contribution in [2.75, 3.05) is 5.73 Å². The van der Waals surface area contributed by atoms with Gasteiger partial charge in [0.2, 0.25) is 0 Å². The molecule has 5 rings (SSSR count). The smallest absolute Gasteiger partial charge is 0.165 e. The minimum atomic E-state index is -0.282. The molecule has 5 nitrogen and oxygen atoms in total. The van der Waals surface area contributed by atoms with Crippen LogP contribution in [0.2, 0.25) is 0 Å². The van der Waals surface area contributed by atoms with Crippen LogP contribution in [0.4, 0.5) is 16.0 Å². The maximum absolute atomic E-state index is 13.5. The number of hydrogen-bond donors (Lipinski definition) is 2. The second kappa shape index (κ2) is 6.83. The van der Waals surface area contributed by atoms with Crippen LogP contribution in [0.25, 0.3) is 0 Å².